The van der Waals surface area contributed by atoms with Crippen LogP contribution in [0.25, 0.3) is 0 Å². The van der Waals surface area contributed by atoms with Crippen molar-refractivity contribution >= 4 is 12.1 Å². The van der Waals surface area contributed by atoms with E-state index in [-0.39, 0.29) is 5.92 Å². The Balaban J connectivity index is 2.78. The van der Waals surface area contributed by atoms with Crippen molar-refractivity contribution in [2.75, 3.05) is 6.54 Å². The third-order valence-corrected chi connectivity index (χ3v) is 2.20. The van der Waals surface area contributed by atoms with Crippen LogP contribution >= 0.6 is 0 Å². The van der Waals surface area contributed by atoms with E-state index < -0.39 is 0 Å². The van der Waals surface area contributed by atoms with Crippen molar-refractivity contribution in [3.63, 3.8) is 0 Å². The molecule has 5 nitrogen and oxygen atoms in total. The predicted molar refractivity (Wildman–Crippen MR) is 67.8 cm³/mol. The lowest BCUT2D eigenvalue weighted by Crippen LogP contribution is -2.13. The maximum atomic E-state index is 5.61. The van der Waals surface area contributed by atoms with E-state index in [4.69, 9.17) is 11.6 Å². The Bertz CT molecular complexity index is 351. The molecule has 0 heterocycles. The highest BCUT2D eigenvalue weighted by Gasteiger charge is 2.05. The lowest BCUT2D eigenvalue weighted by molar-refractivity contribution is 0.815. The second kappa shape index (κ2) is 6.58. The Kier molecular flexibility index (Phi) is 5.01. The van der Waals surface area contributed by atoms with Crippen LogP contribution in [0.15, 0.2) is 46.7 Å². The molecule has 5 N–H and O–H groups in total. The van der Waals surface area contributed by atoms with Crippen molar-refractivity contribution < 1.29 is 0 Å². The molecule has 16 heavy (non-hydrogen) atoms. The first kappa shape index (κ1) is 12.2. The van der Waals surface area contributed by atoms with Gasteiger partial charge in [0.2, 0.25) is 0 Å². The predicted octanol–water partition coefficient (Wildman–Crippen LogP) is 0.481. The molecule has 0 radical (unpaired) electrons. The lowest BCUT2D eigenvalue weighted by atomic mass is 10.00. The molecule has 0 aromatic rings. The van der Waals surface area contributed by atoms with E-state index in [2.05, 4.69) is 34.4 Å². The molecule has 1 aliphatic carbocycles. The van der Waals surface area contributed by atoms with Crippen molar-refractivity contribution in [3.05, 3.63) is 36.5 Å². The van der Waals surface area contributed by atoms with Gasteiger partial charge in [0.25, 0.3) is 0 Å². The third-order valence-electron chi connectivity index (χ3n) is 2.20. The molecule has 1 aliphatic rings. The number of hydrogen-bond donors (Lipinski definition) is 3. The second-order valence-electron chi connectivity index (χ2n) is 3.40. The van der Waals surface area contributed by atoms with Gasteiger partial charge in [0.05, 0.1) is 5.71 Å². The van der Waals surface area contributed by atoms with Gasteiger partial charge in [-0.15, -0.1) is 0 Å². The molecule has 1 rings (SSSR count). The molecule has 86 valence electrons. The Morgan fingerprint density at radius 3 is 3.06 bits per heavy atom. The summed E-state index contributed by atoms with van der Waals surface area (Å²) >= 11 is 0. The van der Waals surface area contributed by atoms with Gasteiger partial charge in [-0.05, 0) is 18.1 Å². The summed E-state index contributed by atoms with van der Waals surface area (Å²) in [5.74, 6) is 5.20. The molecule has 1 atom stereocenters. The molecule has 0 aromatic carbocycles. The summed E-state index contributed by atoms with van der Waals surface area (Å²) in [6.45, 7) is 4.53. The van der Waals surface area contributed by atoms with Crippen LogP contribution in [0.5, 0.6) is 0 Å². The molecular weight excluding hydrogens is 202 g/mol. The molecule has 0 spiro atoms. The molecule has 0 amide bonds. The molecule has 0 aromatic heterocycles. The molecule has 0 bridgehead atoms. The number of allylic oxidation sites excluding steroid dienone is 3. The van der Waals surface area contributed by atoms with Crippen LogP contribution in [0.1, 0.15) is 6.42 Å². The van der Waals surface area contributed by atoms with Crippen molar-refractivity contribution in [1.29, 1.82) is 0 Å². The van der Waals surface area contributed by atoms with Gasteiger partial charge in [0.15, 0.2) is 0 Å². The minimum Gasteiger partial charge on any atom is -0.330 e. The summed E-state index contributed by atoms with van der Waals surface area (Å²) in [5.41, 5.74) is 9.94. The van der Waals surface area contributed by atoms with E-state index in [1.54, 1.807) is 0 Å². The Morgan fingerprint density at radius 2 is 2.38 bits per heavy atom. The largest absolute Gasteiger partial charge is 0.330 e. The Labute approximate surface area is 95.3 Å². The highest BCUT2D eigenvalue weighted by molar-refractivity contribution is 6.08. The van der Waals surface area contributed by atoms with Crippen LogP contribution in [0.3, 0.4) is 0 Å². The van der Waals surface area contributed by atoms with Crippen LogP contribution < -0.4 is 17.0 Å². The first-order valence-electron chi connectivity index (χ1n) is 5.06. The van der Waals surface area contributed by atoms with Gasteiger partial charge in [0.1, 0.15) is 6.34 Å². The minimum atomic E-state index is 0.251. The Hall–Kier alpha value is -1.88. The molecule has 5 heteroatoms. The molecular formula is C11H17N5. The van der Waals surface area contributed by atoms with Crippen molar-refractivity contribution in [3.8, 4) is 0 Å². The van der Waals surface area contributed by atoms with Crippen molar-refractivity contribution in [1.82, 2.24) is 5.43 Å². The molecule has 0 saturated heterocycles. The summed E-state index contributed by atoms with van der Waals surface area (Å²) in [6.07, 6.45) is 10.1. The number of nitrogens with zero attached hydrogens (tertiary/aromatic N) is 2. The monoisotopic (exact) mass is 219 g/mol. The van der Waals surface area contributed by atoms with Crippen LogP contribution in [0.2, 0.25) is 0 Å². The quantitative estimate of drug-likeness (QED) is 0.212. The molecule has 0 fully saturated rings. The fourth-order valence-electron chi connectivity index (χ4n) is 1.29. The van der Waals surface area contributed by atoms with E-state index in [9.17, 15) is 0 Å². The van der Waals surface area contributed by atoms with Gasteiger partial charge in [-0.25, -0.2) is 0 Å². The molecule has 0 aliphatic heterocycles. The first-order valence-corrected chi connectivity index (χ1v) is 5.06. The number of nitrogens with one attached hydrogen (secondary N) is 1. The Morgan fingerprint density at radius 1 is 1.56 bits per heavy atom. The van der Waals surface area contributed by atoms with Crippen LogP contribution in [-0.2, 0) is 0 Å². The third kappa shape index (κ3) is 3.70. The minimum absolute atomic E-state index is 0.251. The van der Waals surface area contributed by atoms with E-state index in [0.717, 1.165) is 17.7 Å². The van der Waals surface area contributed by atoms with E-state index in [1.165, 1.54) is 6.34 Å². The zero-order chi connectivity index (χ0) is 11.8. The highest BCUT2D eigenvalue weighted by Crippen LogP contribution is 2.11. The van der Waals surface area contributed by atoms with Crippen molar-refractivity contribution in [2.24, 2.45) is 27.7 Å². The van der Waals surface area contributed by atoms with E-state index in [1.807, 2.05) is 12.2 Å². The summed E-state index contributed by atoms with van der Waals surface area (Å²) < 4.78 is 0. The van der Waals surface area contributed by atoms with E-state index >= 15 is 0 Å². The summed E-state index contributed by atoms with van der Waals surface area (Å²) in [5, 5.41) is 7.39. The fourth-order valence-corrected chi connectivity index (χ4v) is 1.29. The van der Waals surface area contributed by atoms with Gasteiger partial charge in [0, 0.05) is 12.5 Å². The smallest absolute Gasteiger partial charge is 0.128 e. The topological polar surface area (TPSA) is 88.8 Å². The maximum Gasteiger partial charge on any atom is 0.128 e. The van der Waals surface area contributed by atoms with E-state index in [0.29, 0.717) is 6.54 Å². The zero-order valence-corrected chi connectivity index (χ0v) is 9.13. The highest BCUT2D eigenvalue weighted by atomic mass is 15.3. The average molecular weight is 219 g/mol. The number of nitrogens with two attached hydrogens (primary N) is 2. The summed E-state index contributed by atoms with van der Waals surface area (Å²) in [4.78, 5) is 0. The number of hydrogen-bond acceptors (Lipinski definition) is 4. The summed E-state index contributed by atoms with van der Waals surface area (Å²) in [6, 6.07) is 0. The van der Waals surface area contributed by atoms with Gasteiger partial charge >= 0.3 is 0 Å². The van der Waals surface area contributed by atoms with Gasteiger partial charge in [-0.3, -0.25) is 5.43 Å². The fraction of sp³-hybridized carbons (Fsp3) is 0.273. The number of hydrazone groups is 2. The first-order chi connectivity index (χ1) is 7.77. The van der Waals surface area contributed by atoms with Gasteiger partial charge in [-0.1, -0.05) is 24.8 Å². The van der Waals surface area contributed by atoms with Gasteiger partial charge in [-0.2, -0.15) is 10.2 Å². The maximum absolute atomic E-state index is 5.61. The van der Waals surface area contributed by atoms with Crippen LogP contribution in [-0.4, -0.2) is 18.6 Å². The standard InChI is InChI=1S/C11H17N5/c1-9-3-2-4-10(7-12)5-6-11(9)16-15-8-14-13/h2,4-6,8,10H,1,3,7,12-13H2,(H,14,15)/b4-2+,6-5?,16-11+. The second-order valence-corrected chi connectivity index (χ2v) is 3.40. The van der Waals surface area contributed by atoms with Crippen LogP contribution in [0, 0.1) is 5.92 Å². The lowest BCUT2D eigenvalue weighted by Gasteiger charge is -2.09. The van der Waals surface area contributed by atoms with Gasteiger partial charge < -0.3 is 11.6 Å². The SMILES string of the molecule is C=C1C/C=C/C(CN)C=C/C1=N\N/C=N/N. The number of rotatable bonds is 3. The van der Waals surface area contributed by atoms with Crippen molar-refractivity contribution in [2.45, 2.75) is 6.42 Å². The average Bonchev–Trinajstić information content (AvgIpc) is 2.28. The normalized spacial score (nSPS) is 25.7. The molecule has 0 saturated carbocycles. The summed E-state index contributed by atoms with van der Waals surface area (Å²) in [7, 11) is 0. The molecule has 1 unspecified atom stereocenters. The zero-order valence-electron chi connectivity index (χ0n) is 9.13. The van der Waals surface area contributed by atoms with Crippen LogP contribution in [0.4, 0.5) is 0 Å².